The first-order valence-electron chi connectivity index (χ1n) is 7.44. The van der Waals surface area contributed by atoms with Gasteiger partial charge in [0.05, 0.1) is 6.61 Å². The second kappa shape index (κ2) is 6.20. The lowest BCUT2D eigenvalue weighted by Crippen LogP contribution is -2.15. The maximum atomic E-state index is 9.37. The molecule has 2 aromatic rings. The first-order chi connectivity index (χ1) is 10.7. The fourth-order valence-electron chi connectivity index (χ4n) is 2.79. The number of ether oxygens (including phenoxy) is 1. The molecule has 0 bridgehead atoms. The smallest absolute Gasteiger partial charge is 0.120 e. The van der Waals surface area contributed by atoms with E-state index in [0.717, 1.165) is 41.0 Å². The largest absolute Gasteiger partial charge is 0.494 e. The molecule has 4 nitrogen and oxygen atoms in total. The molecule has 0 spiro atoms. The van der Waals surface area contributed by atoms with Gasteiger partial charge in [0.15, 0.2) is 0 Å². The van der Waals surface area contributed by atoms with Gasteiger partial charge in [-0.05, 0) is 49.8 Å². The molecule has 0 atom stereocenters. The molecule has 0 fully saturated rings. The van der Waals surface area contributed by atoms with Gasteiger partial charge in [-0.1, -0.05) is 29.4 Å². The topological polar surface area (TPSA) is 45.1 Å². The summed E-state index contributed by atoms with van der Waals surface area (Å²) in [5.41, 5.74) is 4.69. The highest BCUT2D eigenvalue weighted by Crippen LogP contribution is 2.38. The number of hydrogen-bond acceptors (Lipinski definition) is 4. The highest BCUT2D eigenvalue weighted by Gasteiger charge is 2.25. The lowest BCUT2D eigenvalue weighted by molar-refractivity contribution is 0.281. The van der Waals surface area contributed by atoms with Gasteiger partial charge >= 0.3 is 0 Å². The van der Waals surface area contributed by atoms with Crippen LogP contribution >= 0.6 is 0 Å². The summed E-state index contributed by atoms with van der Waals surface area (Å²) in [5, 5.41) is 12.9. The predicted octanol–water partition coefficient (Wildman–Crippen LogP) is 3.22. The summed E-state index contributed by atoms with van der Waals surface area (Å²) in [6.07, 6.45) is 0.977. The number of oxime groups is 1. The van der Waals surface area contributed by atoms with Gasteiger partial charge in [0.25, 0.3) is 0 Å². The zero-order valence-corrected chi connectivity index (χ0v) is 12.9. The number of fused-ring (bicyclic) bond motifs is 3. The monoisotopic (exact) mass is 296 g/mol. The summed E-state index contributed by atoms with van der Waals surface area (Å²) in [6.45, 7) is 1.68. The molecule has 1 aliphatic carbocycles. The van der Waals surface area contributed by atoms with E-state index >= 15 is 0 Å². The van der Waals surface area contributed by atoms with Crippen molar-refractivity contribution in [1.29, 1.82) is 0 Å². The fourth-order valence-corrected chi connectivity index (χ4v) is 2.79. The maximum Gasteiger partial charge on any atom is 0.120 e. The standard InChI is InChI=1S/C18H20N2O2/c1-20(2)10-5-11-22-13-8-9-15-14-6-3-4-7-16(14)18(19-21)17(15)12-13/h3-4,6-9,12,21H,5,10-11H2,1-2H3/b19-18-. The zero-order chi connectivity index (χ0) is 15.5. The SMILES string of the molecule is CN(C)CCCOc1ccc2c(c1)/C(=N\O)c1ccccc1-2. The number of hydrogen-bond donors (Lipinski definition) is 1. The first kappa shape index (κ1) is 14.6. The molecule has 1 aliphatic rings. The van der Waals surface area contributed by atoms with E-state index in [4.69, 9.17) is 4.74 Å². The van der Waals surface area contributed by atoms with Gasteiger partial charge in [0.2, 0.25) is 0 Å². The molecule has 0 saturated heterocycles. The molecular weight excluding hydrogens is 276 g/mol. The van der Waals surface area contributed by atoms with E-state index in [9.17, 15) is 5.21 Å². The third-order valence-corrected chi connectivity index (χ3v) is 3.84. The van der Waals surface area contributed by atoms with E-state index in [2.05, 4.69) is 24.2 Å². The van der Waals surface area contributed by atoms with Gasteiger partial charge in [-0.15, -0.1) is 0 Å². The Morgan fingerprint density at radius 1 is 1.00 bits per heavy atom. The van der Waals surface area contributed by atoms with Crippen molar-refractivity contribution in [2.24, 2.45) is 5.16 Å². The van der Waals surface area contributed by atoms with Crippen LogP contribution in [0.2, 0.25) is 0 Å². The molecule has 0 unspecified atom stereocenters. The van der Waals surface area contributed by atoms with Crippen LogP contribution in [0, 0.1) is 0 Å². The van der Waals surface area contributed by atoms with Crippen LogP contribution in [0.4, 0.5) is 0 Å². The third kappa shape index (κ3) is 2.70. The Morgan fingerprint density at radius 2 is 1.73 bits per heavy atom. The van der Waals surface area contributed by atoms with E-state index in [0.29, 0.717) is 12.3 Å². The van der Waals surface area contributed by atoms with Crippen LogP contribution in [-0.2, 0) is 0 Å². The van der Waals surface area contributed by atoms with E-state index in [1.54, 1.807) is 0 Å². The molecule has 0 heterocycles. The van der Waals surface area contributed by atoms with E-state index in [-0.39, 0.29) is 0 Å². The summed E-state index contributed by atoms with van der Waals surface area (Å²) in [7, 11) is 4.10. The average Bonchev–Trinajstić information content (AvgIpc) is 2.84. The van der Waals surface area contributed by atoms with Crippen LogP contribution in [-0.4, -0.2) is 43.1 Å². The Kier molecular flexibility index (Phi) is 4.11. The Morgan fingerprint density at radius 3 is 2.45 bits per heavy atom. The van der Waals surface area contributed by atoms with Crippen molar-refractivity contribution in [2.75, 3.05) is 27.2 Å². The number of benzene rings is 2. The highest BCUT2D eigenvalue weighted by molar-refractivity contribution is 6.24. The van der Waals surface area contributed by atoms with Crippen LogP contribution in [0.15, 0.2) is 47.6 Å². The molecule has 0 radical (unpaired) electrons. The van der Waals surface area contributed by atoms with Crippen molar-refractivity contribution in [2.45, 2.75) is 6.42 Å². The molecule has 0 aliphatic heterocycles. The summed E-state index contributed by atoms with van der Waals surface area (Å²) >= 11 is 0. The summed E-state index contributed by atoms with van der Waals surface area (Å²) in [5.74, 6) is 0.812. The minimum Gasteiger partial charge on any atom is -0.494 e. The van der Waals surface area contributed by atoms with Crippen LogP contribution < -0.4 is 4.74 Å². The van der Waals surface area contributed by atoms with E-state index in [1.165, 1.54) is 0 Å². The Labute approximate surface area is 130 Å². The van der Waals surface area contributed by atoms with Crippen molar-refractivity contribution in [3.63, 3.8) is 0 Å². The molecular formula is C18H20N2O2. The minimum atomic E-state index is 0.615. The van der Waals surface area contributed by atoms with Crippen LogP contribution in [0.3, 0.4) is 0 Å². The molecule has 2 aromatic carbocycles. The molecule has 0 amide bonds. The third-order valence-electron chi connectivity index (χ3n) is 3.84. The van der Waals surface area contributed by atoms with Gasteiger partial charge in [0, 0.05) is 17.7 Å². The minimum absolute atomic E-state index is 0.615. The molecule has 114 valence electrons. The van der Waals surface area contributed by atoms with E-state index in [1.807, 2.05) is 42.5 Å². The number of nitrogens with zero attached hydrogens (tertiary/aromatic N) is 2. The van der Waals surface area contributed by atoms with E-state index < -0.39 is 0 Å². The molecule has 0 saturated carbocycles. The quantitative estimate of drug-likeness (QED) is 0.447. The van der Waals surface area contributed by atoms with Gasteiger partial charge in [-0.3, -0.25) is 0 Å². The second-order valence-corrected chi connectivity index (χ2v) is 5.71. The molecule has 3 rings (SSSR count). The normalized spacial score (nSPS) is 14.2. The van der Waals surface area contributed by atoms with Gasteiger partial charge < -0.3 is 14.8 Å². The lowest BCUT2D eigenvalue weighted by atomic mass is 10.1. The van der Waals surface area contributed by atoms with Gasteiger partial charge in [-0.25, -0.2) is 0 Å². The van der Waals surface area contributed by atoms with Crippen LogP contribution in [0.25, 0.3) is 11.1 Å². The van der Waals surface area contributed by atoms with Crippen molar-refractivity contribution in [3.8, 4) is 16.9 Å². The van der Waals surface area contributed by atoms with Crippen LogP contribution in [0.1, 0.15) is 17.5 Å². The molecule has 4 heteroatoms. The fraction of sp³-hybridized carbons (Fsp3) is 0.278. The van der Waals surface area contributed by atoms with Gasteiger partial charge in [0.1, 0.15) is 11.5 Å². The Bertz CT molecular complexity index is 708. The summed E-state index contributed by atoms with van der Waals surface area (Å²) in [4.78, 5) is 2.14. The highest BCUT2D eigenvalue weighted by atomic mass is 16.5. The van der Waals surface area contributed by atoms with Crippen molar-refractivity contribution < 1.29 is 9.94 Å². The van der Waals surface area contributed by atoms with Crippen molar-refractivity contribution in [3.05, 3.63) is 53.6 Å². The average molecular weight is 296 g/mol. The zero-order valence-electron chi connectivity index (χ0n) is 12.9. The molecule has 1 N–H and O–H groups in total. The van der Waals surface area contributed by atoms with Crippen molar-refractivity contribution in [1.82, 2.24) is 4.90 Å². The van der Waals surface area contributed by atoms with Crippen LogP contribution in [0.5, 0.6) is 5.75 Å². The van der Waals surface area contributed by atoms with Crippen molar-refractivity contribution >= 4 is 5.71 Å². The van der Waals surface area contributed by atoms with Gasteiger partial charge in [-0.2, -0.15) is 0 Å². The summed E-state index contributed by atoms with van der Waals surface area (Å²) in [6, 6.07) is 13.9. The Balaban J connectivity index is 1.82. The summed E-state index contributed by atoms with van der Waals surface area (Å²) < 4.78 is 5.81. The number of rotatable bonds is 5. The molecule has 0 aromatic heterocycles. The predicted molar refractivity (Wildman–Crippen MR) is 88.0 cm³/mol. The first-order valence-corrected chi connectivity index (χ1v) is 7.44. The lowest BCUT2D eigenvalue weighted by Gasteiger charge is -2.11. The second-order valence-electron chi connectivity index (χ2n) is 5.71. The molecule has 22 heavy (non-hydrogen) atoms. The maximum absolute atomic E-state index is 9.37. The Hall–Kier alpha value is -2.33.